The summed E-state index contributed by atoms with van der Waals surface area (Å²) in [6.07, 6.45) is 0. The van der Waals surface area contributed by atoms with Crippen LogP contribution >= 0.6 is 0 Å². The molecule has 0 radical (unpaired) electrons. The molecule has 0 unspecified atom stereocenters. The molecule has 0 saturated carbocycles. The Kier molecular flexibility index (Phi) is 2.15. The van der Waals surface area contributed by atoms with Crippen molar-refractivity contribution in [2.75, 3.05) is 7.11 Å². The predicted octanol–water partition coefficient (Wildman–Crippen LogP) is 5.23. The minimum absolute atomic E-state index is 0.855. The number of aromatic amines is 1. The molecule has 0 bridgehead atoms. The fraction of sp³-hybridized carbons (Fsp3) is 0.0526. The third-order valence-electron chi connectivity index (χ3n) is 4.30. The normalized spacial score (nSPS) is 11.9. The first kappa shape index (κ1) is 11.7. The first-order chi connectivity index (χ1) is 10.8. The summed E-state index contributed by atoms with van der Waals surface area (Å²) in [6.45, 7) is 0. The maximum atomic E-state index is 5.99. The third-order valence-corrected chi connectivity index (χ3v) is 4.30. The SMILES string of the molecule is COc1ccc2c(c1)[nH]c1cc3c(cc12)oc1ccccc13. The fourth-order valence-electron chi connectivity index (χ4n) is 3.23. The van der Waals surface area contributed by atoms with Crippen molar-refractivity contribution in [1.29, 1.82) is 0 Å². The summed E-state index contributed by atoms with van der Waals surface area (Å²) < 4.78 is 11.3. The second-order valence-electron chi connectivity index (χ2n) is 5.53. The Balaban J connectivity index is 1.94. The lowest BCUT2D eigenvalue weighted by atomic mass is 10.1. The maximum Gasteiger partial charge on any atom is 0.136 e. The molecule has 2 heterocycles. The molecule has 5 aromatic rings. The number of furan rings is 1. The number of aromatic nitrogens is 1. The van der Waals surface area contributed by atoms with Gasteiger partial charge in [0, 0.05) is 33.1 Å². The van der Waals surface area contributed by atoms with Crippen molar-refractivity contribution in [3.63, 3.8) is 0 Å². The van der Waals surface area contributed by atoms with Crippen LogP contribution in [0.15, 0.2) is 59.0 Å². The van der Waals surface area contributed by atoms with Gasteiger partial charge in [-0.1, -0.05) is 18.2 Å². The quantitative estimate of drug-likeness (QED) is 0.458. The average molecular weight is 287 g/mol. The molecule has 3 nitrogen and oxygen atoms in total. The monoisotopic (exact) mass is 287 g/mol. The Morgan fingerprint density at radius 1 is 0.773 bits per heavy atom. The molecule has 3 heteroatoms. The zero-order valence-electron chi connectivity index (χ0n) is 12.0. The van der Waals surface area contributed by atoms with Crippen LogP contribution in [0.1, 0.15) is 0 Å². The molecule has 0 fully saturated rings. The Labute approximate surface area is 126 Å². The van der Waals surface area contributed by atoms with Gasteiger partial charge in [0.2, 0.25) is 0 Å². The summed E-state index contributed by atoms with van der Waals surface area (Å²) in [6, 6.07) is 18.5. The number of nitrogens with one attached hydrogen (secondary N) is 1. The molecular weight excluding hydrogens is 274 g/mol. The van der Waals surface area contributed by atoms with Gasteiger partial charge in [0.05, 0.1) is 12.6 Å². The molecule has 0 spiro atoms. The highest BCUT2D eigenvalue weighted by Gasteiger charge is 2.11. The number of methoxy groups -OCH3 is 1. The van der Waals surface area contributed by atoms with Gasteiger partial charge in [-0.15, -0.1) is 0 Å². The van der Waals surface area contributed by atoms with Crippen LogP contribution in [0.4, 0.5) is 0 Å². The van der Waals surface area contributed by atoms with E-state index in [0.29, 0.717) is 0 Å². The van der Waals surface area contributed by atoms with Crippen molar-refractivity contribution in [3.05, 3.63) is 54.6 Å². The number of para-hydroxylation sites is 1. The topological polar surface area (TPSA) is 38.2 Å². The maximum absolute atomic E-state index is 5.99. The Bertz CT molecular complexity index is 1160. The van der Waals surface area contributed by atoms with E-state index in [1.54, 1.807) is 7.11 Å². The number of rotatable bonds is 1. The zero-order valence-corrected chi connectivity index (χ0v) is 12.0. The van der Waals surface area contributed by atoms with Crippen LogP contribution in [-0.4, -0.2) is 12.1 Å². The van der Waals surface area contributed by atoms with Gasteiger partial charge in [0.25, 0.3) is 0 Å². The van der Waals surface area contributed by atoms with E-state index in [0.717, 1.165) is 38.7 Å². The van der Waals surface area contributed by atoms with Gasteiger partial charge in [-0.05, 0) is 30.3 Å². The molecule has 0 aliphatic rings. The van der Waals surface area contributed by atoms with Crippen molar-refractivity contribution in [2.24, 2.45) is 0 Å². The molecule has 1 N–H and O–H groups in total. The van der Waals surface area contributed by atoms with E-state index >= 15 is 0 Å². The molecular formula is C19H13NO2. The predicted molar refractivity (Wildman–Crippen MR) is 89.6 cm³/mol. The smallest absolute Gasteiger partial charge is 0.136 e. The first-order valence-corrected chi connectivity index (χ1v) is 7.24. The fourth-order valence-corrected chi connectivity index (χ4v) is 3.23. The van der Waals surface area contributed by atoms with Gasteiger partial charge in [0.15, 0.2) is 0 Å². The summed E-state index contributed by atoms with van der Waals surface area (Å²) in [5, 5.41) is 4.64. The van der Waals surface area contributed by atoms with Gasteiger partial charge in [-0.3, -0.25) is 0 Å². The molecule has 0 amide bonds. The zero-order chi connectivity index (χ0) is 14.7. The van der Waals surface area contributed by atoms with Gasteiger partial charge in [0.1, 0.15) is 16.9 Å². The van der Waals surface area contributed by atoms with Crippen LogP contribution in [0, 0.1) is 0 Å². The van der Waals surface area contributed by atoms with Crippen LogP contribution in [-0.2, 0) is 0 Å². The number of ether oxygens (including phenoxy) is 1. The summed E-state index contributed by atoms with van der Waals surface area (Å²) in [7, 11) is 1.68. The van der Waals surface area contributed by atoms with E-state index in [-0.39, 0.29) is 0 Å². The number of benzene rings is 3. The minimum Gasteiger partial charge on any atom is -0.497 e. The summed E-state index contributed by atoms with van der Waals surface area (Å²) >= 11 is 0. The highest BCUT2D eigenvalue weighted by Crippen LogP contribution is 2.35. The molecule has 22 heavy (non-hydrogen) atoms. The van der Waals surface area contributed by atoms with E-state index in [4.69, 9.17) is 9.15 Å². The molecule has 0 aliphatic carbocycles. The second kappa shape index (κ2) is 4.04. The van der Waals surface area contributed by atoms with Crippen molar-refractivity contribution < 1.29 is 9.15 Å². The lowest BCUT2D eigenvalue weighted by Gasteiger charge is -1.98. The van der Waals surface area contributed by atoms with Crippen LogP contribution in [0.5, 0.6) is 5.75 Å². The first-order valence-electron chi connectivity index (χ1n) is 7.24. The van der Waals surface area contributed by atoms with E-state index in [9.17, 15) is 0 Å². The van der Waals surface area contributed by atoms with Crippen LogP contribution in [0.25, 0.3) is 43.7 Å². The van der Waals surface area contributed by atoms with Crippen LogP contribution < -0.4 is 4.74 Å². The van der Waals surface area contributed by atoms with Crippen molar-refractivity contribution >= 4 is 43.7 Å². The van der Waals surface area contributed by atoms with Gasteiger partial charge in [-0.25, -0.2) is 0 Å². The highest BCUT2D eigenvalue weighted by molar-refractivity contribution is 6.16. The van der Waals surface area contributed by atoms with E-state index < -0.39 is 0 Å². The van der Waals surface area contributed by atoms with Gasteiger partial charge >= 0.3 is 0 Å². The summed E-state index contributed by atoms with van der Waals surface area (Å²) in [4.78, 5) is 3.48. The van der Waals surface area contributed by atoms with E-state index in [2.05, 4.69) is 29.2 Å². The highest BCUT2D eigenvalue weighted by atomic mass is 16.5. The minimum atomic E-state index is 0.855. The second-order valence-corrected chi connectivity index (χ2v) is 5.53. The Hall–Kier alpha value is -2.94. The lowest BCUT2D eigenvalue weighted by molar-refractivity contribution is 0.415. The van der Waals surface area contributed by atoms with E-state index in [1.165, 1.54) is 10.8 Å². The molecule has 106 valence electrons. The average Bonchev–Trinajstić information content (AvgIpc) is 3.09. The molecule has 2 aromatic heterocycles. The van der Waals surface area contributed by atoms with Crippen molar-refractivity contribution in [2.45, 2.75) is 0 Å². The largest absolute Gasteiger partial charge is 0.497 e. The van der Waals surface area contributed by atoms with Crippen molar-refractivity contribution in [1.82, 2.24) is 4.98 Å². The van der Waals surface area contributed by atoms with Gasteiger partial charge in [-0.2, -0.15) is 0 Å². The number of H-pyrrole nitrogens is 1. The summed E-state index contributed by atoms with van der Waals surface area (Å²) in [5.41, 5.74) is 4.04. The van der Waals surface area contributed by atoms with Crippen molar-refractivity contribution in [3.8, 4) is 5.75 Å². The molecule has 0 atom stereocenters. The number of hydrogen-bond donors (Lipinski definition) is 1. The number of fused-ring (bicyclic) bond motifs is 6. The molecule has 0 saturated heterocycles. The van der Waals surface area contributed by atoms with E-state index in [1.807, 2.05) is 30.3 Å². The molecule has 5 rings (SSSR count). The van der Waals surface area contributed by atoms with Crippen LogP contribution in [0.3, 0.4) is 0 Å². The summed E-state index contributed by atoms with van der Waals surface area (Å²) in [5.74, 6) is 0.855. The lowest BCUT2D eigenvalue weighted by Crippen LogP contribution is -1.80. The standard InChI is InChI=1S/C19H13NO2/c1-21-11-6-7-12-14-10-19-15(9-17(14)20-16(12)8-11)13-4-2-3-5-18(13)22-19/h2-10,20H,1H3. The van der Waals surface area contributed by atoms with Crippen LogP contribution in [0.2, 0.25) is 0 Å². The molecule has 0 aliphatic heterocycles. The third kappa shape index (κ3) is 1.45. The number of hydrogen-bond acceptors (Lipinski definition) is 2. The Morgan fingerprint density at radius 3 is 2.55 bits per heavy atom. The Morgan fingerprint density at radius 2 is 1.64 bits per heavy atom. The van der Waals surface area contributed by atoms with Gasteiger partial charge < -0.3 is 14.1 Å². The molecule has 3 aromatic carbocycles.